The molecule has 0 saturated heterocycles. The summed E-state index contributed by atoms with van der Waals surface area (Å²) in [5, 5.41) is 0. The standard InChI is InChI=1S/C11H24N2O3S/c1-6-13(8(2)7-17(5,15)16)11(14)9(3)10(4)12/h8-10H,6-7,12H2,1-5H3. The lowest BCUT2D eigenvalue weighted by Gasteiger charge is -2.31. The van der Waals surface area contributed by atoms with Gasteiger partial charge in [-0.15, -0.1) is 0 Å². The lowest BCUT2D eigenvalue weighted by molar-refractivity contribution is -0.136. The molecule has 0 aromatic heterocycles. The maximum Gasteiger partial charge on any atom is 0.227 e. The fourth-order valence-electron chi connectivity index (χ4n) is 1.70. The van der Waals surface area contributed by atoms with Crippen molar-refractivity contribution in [1.29, 1.82) is 0 Å². The Morgan fingerprint density at radius 3 is 2.06 bits per heavy atom. The molecule has 3 unspecified atom stereocenters. The minimum Gasteiger partial charge on any atom is -0.339 e. The zero-order valence-electron chi connectivity index (χ0n) is 11.3. The molecule has 0 aromatic carbocycles. The Morgan fingerprint density at radius 2 is 1.76 bits per heavy atom. The summed E-state index contributed by atoms with van der Waals surface area (Å²) in [5.74, 6) is -0.395. The van der Waals surface area contributed by atoms with Crippen LogP contribution in [0.1, 0.15) is 27.7 Å². The summed E-state index contributed by atoms with van der Waals surface area (Å²) in [6, 6.07) is -0.550. The average molecular weight is 264 g/mol. The van der Waals surface area contributed by atoms with Crippen molar-refractivity contribution >= 4 is 15.7 Å². The van der Waals surface area contributed by atoms with Crippen LogP contribution >= 0.6 is 0 Å². The molecule has 1 amide bonds. The van der Waals surface area contributed by atoms with Gasteiger partial charge in [0.2, 0.25) is 5.91 Å². The van der Waals surface area contributed by atoms with Crippen molar-refractivity contribution in [3.05, 3.63) is 0 Å². The van der Waals surface area contributed by atoms with Gasteiger partial charge < -0.3 is 10.6 Å². The van der Waals surface area contributed by atoms with Crippen molar-refractivity contribution in [3.63, 3.8) is 0 Å². The number of carbonyl (C=O) groups is 1. The Morgan fingerprint density at radius 1 is 1.29 bits per heavy atom. The molecule has 5 nitrogen and oxygen atoms in total. The first kappa shape index (κ1) is 16.4. The quantitative estimate of drug-likeness (QED) is 0.746. The van der Waals surface area contributed by atoms with Gasteiger partial charge in [0, 0.05) is 24.9 Å². The molecule has 17 heavy (non-hydrogen) atoms. The zero-order chi connectivity index (χ0) is 13.8. The molecule has 6 heteroatoms. The predicted octanol–water partition coefficient (Wildman–Crippen LogP) is 0.251. The predicted molar refractivity (Wildman–Crippen MR) is 69.4 cm³/mol. The number of nitrogens with two attached hydrogens (primary N) is 1. The van der Waals surface area contributed by atoms with Crippen LogP contribution in [0.25, 0.3) is 0 Å². The Bertz CT molecular complexity index is 352. The first-order valence-corrected chi connectivity index (χ1v) is 7.90. The highest BCUT2D eigenvalue weighted by molar-refractivity contribution is 7.90. The van der Waals surface area contributed by atoms with Crippen LogP contribution in [-0.4, -0.2) is 49.9 Å². The molecule has 0 aliphatic rings. The van der Waals surface area contributed by atoms with Gasteiger partial charge in [-0.1, -0.05) is 6.92 Å². The fraction of sp³-hybridized carbons (Fsp3) is 0.909. The smallest absolute Gasteiger partial charge is 0.227 e. The molecule has 0 fully saturated rings. The monoisotopic (exact) mass is 264 g/mol. The Kier molecular flexibility index (Phi) is 6.12. The number of amides is 1. The number of sulfone groups is 1. The van der Waals surface area contributed by atoms with Crippen LogP contribution in [0.5, 0.6) is 0 Å². The van der Waals surface area contributed by atoms with Crippen LogP contribution in [0, 0.1) is 5.92 Å². The molecule has 0 rings (SSSR count). The van der Waals surface area contributed by atoms with E-state index in [0.717, 1.165) is 0 Å². The average Bonchev–Trinajstić information content (AvgIpc) is 2.14. The second kappa shape index (κ2) is 6.35. The Hall–Kier alpha value is -0.620. The summed E-state index contributed by atoms with van der Waals surface area (Å²) in [5.41, 5.74) is 5.69. The van der Waals surface area contributed by atoms with E-state index in [4.69, 9.17) is 5.73 Å². The third kappa shape index (κ3) is 5.50. The largest absolute Gasteiger partial charge is 0.339 e. The third-order valence-electron chi connectivity index (χ3n) is 2.88. The third-order valence-corrected chi connectivity index (χ3v) is 3.97. The van der Waals surface area contributed by atoms with Crippen molar-refractivity contribution < 1.29 is 13.2 Å². The molecule has 0 aromatic rings. The van der Waals surface area contributed by atoms with Crippen LogP contribution < -0.4 is 5.73 Å². The molecular formula is C11H24N2O3S. The highest BCUT2D eigenvalue weighted by Gasteiger charge is 2.27. The molecule has 0 aliphatic heterocycles. The summed E-state index contributed by atoms with van der Waals surface area (Å²) in [6.07, 6.45) is 1.18. The van der Waals surface area contributed by atoms with Gasteiger partial charge >= 0.3 is 0 Å². The van der Waals surface area contributed by atoms with Crippen molar-refractivity contribution in [1.82, 2.24) is 4.90 Å². The van der Waals surface area contributed by atoms with Crippen molar-refractivity contribution in [2.75, 3.05) is 18.6 Å². The van der Waals surface area contributed by atoms with E-state index < -0.39 is 9.84 Å². The lowest BCUT2D eigenvalue weighted by atomic mass is 10.0. The fourth-order valence-corrected chi connectivity index (χ4v) is 2.76. The first-order chi connectivity index (χ1) is 7.60. The number of rotatable bonds is 6. The first-order valence-electron chi connectivity index (χ1n) is 5.84. The lowest BCUT2D eigenvalue weighted by Crippen LogP contribution is -2.47. The van der Waals surface area contributed by atoms with E-state index in [9.17, 15) is 13.2 Å². The van der Waals surface area contributed by atoms with Gasteiger partial charge in [-0.25, -0.2) is 8.42 Å². The summed E-state index contributed by atoms with van der Waals surface area (Å²) < 4.78 is 22.5. The van der Waals surface area contributed by atoms with Gasteiger partial charge in [-0.3, -0.25) is 4.79 Å². The highest BCUT2D eigenvalue weighted by atomic mass is 32.2. The second-order valence-electron chi connectivity index (χ2n) is 4.71. The van der Waals surface area contributed by atoms with Crippen LogP contribution in [0.3, 0.4) is 0 Å². The number of nitrogens with zero attached hydrogens (tertiary/aromatic N) is 1. The van der Waals surface area contributed by atoms with E-state index in [1.807, 2.05) is 6.92 Å². The molecule has 0 bridgehead atoms. The van der Waals surface area contributed by atoms with Crippen LogP contribution in [0.15, 0.2) is 0 Å². The topological polar surface area (TPSA) is 80.5 Å². The molecule has 3 atom stereocenters. The van der Waals surface area contributed by atoms with Gasteiger partial charge in [-0.2, -0.15) is 0 Å². The van der Waals surface area contributed by atoms with Gasteiger partial charge in [0.25, 0.3) is 0 Å². The number of hydrogen-bond donors (Lipinski definition) is 1. The number of hydrogen-bond acceptors (Lipinski definition) is 4. The van der Waals surface area contributed by atoms with Crippen molar-refractivity contribution in [3.8, 4) is 0 Å². The number of carbonyl (C=O) groups excluding carboxylic acids is 1. The minimum absolute atomic E-state index is 0.0156. The molecule has 2 N–H and O–H groups in total. The molecule has 102 valence electrons. The summed E-state index contributed by atoms with van der Waals surface area (Å²) >= 11 is 0. The summed E-state index contributed by atoms with van der Waals surface area (Å²) in [6.45, 7) is 7.62. The Labute approximate surface area is 104 Å². The SMILES string of the molecule is CCN(C(=O)C(C)C(C)N)C(C)CS(C)(=O)=O. The second-order valence-corrected chi connectivity index (χ2v) is 6.90. The molecule has 0 aliphatic carbocycles. The van der Waals surface area contributed by atoms with E-state index in [1.54, 1.807) is 25.7 Å². The molecule has 0 saturated carbocycles. The molecular weight excluding hydrogens is 240 g/mol. The Balaban J connectivity index is 4.78. The van der Waals surface area contributed by atoms with Gasteiger partial charge in [-0.05, 0) is 20.8 Å². The molecule has 0 spiro atoms. The van der Waals surface area contributed by atoms with Crippen LogP contribution in [-0.2, 0) is 14.6 Å². The summed E-state index contributed by atoms with van der Waals surface area (Å²) in [4.78, 5) is 13.7. The molecule has 0 heterocycles. The van der Waals surface area contributed by atoms with E-state index in [1.165, 1.54) is 6.26 Å². The van der Waals surface area contributed by atoms with Gasteiger partial charge in [0.05, 0.1) is 11.7 Å². The zero-order valence-corrected chi connectivity index (χ0v) is 12.1. The van der Waals surface area contributed by atoms with Crippen LogP contribution in [0.2, 0.25) is 0 Å². The maximum absolute atomic E-state index is 12.1. The van der Waals surface area contributed by atoms with E-state index in [-0.39, 0.29) is 29.7 Å². The van der Waals surface area contributed by atoms with E-state index >= 15 is 0 Å². The van der Waals surface area contributed by atoms with Crippen LogP contribution in [0.4, 0.5) is 0 Å². The van der Waals surface area contributed by atoms with E-state index in [2.05, 4.69) is 0 Å². The van der Waals surface area contributed by atoms with Crippen molar-refractivity contribution in [2.45, 2.75) is 39.8 Å². The minimum atomic E-state index is -3.08. The van der Waals surface area contributed by atoms with E-state index in [0.29, 0.717) is 6.54 Å². The highest BCUT2D eigenvalue weighted by Crippen LogP contribution is 2.10. The van der Waals surface area contributed by atoms with Crippen molar-refractivity contribution in [2.24, 2.45) is 11.7 Å². The molecule has 0 radical (unpaired) electrons. The summed E-state index contributed by atoms with van der Waals surface area (Å²) in [7, 11) is -3.08. The van der Waals surface area contributed by atoms with Gasteiger partial charge in [0.1, 0.15) is 9.84 Å². The normalized spacial score (nSPS) is 17.3. The van der Waals surface area contributed by atoms with Gasteiger partial charge in [0.15, 0.2) is 0 Å². The maximum atomic E-state index is 12.1.